The molecule has 0 saturated heterocycles. The molecule has 1 N–H and O–H groups in total. The first kappa shape index (κ1) is 22.4. The first-order chi connectivity index (χ1) is 15.6. The van der Waals surface area contributed by atoms with Crippen molar-refractivity contribution in [2.75, 3.05) is 13.1 Å². The molecule has 0 unspecified atom stereocenters. The second-order valence-corrected chi connectivity index (χ2v) is 8.29. The van der Waals surface area contributed by atoms with E-state index in [0.717, 1.165) is 59.6 Å². The highest BCUT2D eigenvalue weighted by Gasteiger charge is 2.18. The van der Waals surface area contributed by atoms with Gasteiger partial charge in [0.2, 0.25) is 0 Å². The molecule has 7 heteroatoms. The molecule has 2 aromatic carbocycles. The number of fused-ring (bicyclic) bond motifs is 1. The van der Waals surface area contributed by atoms with Gasteiger partial charge < -0.3 is 9.88 Å². The Bertz CT molecular complexity index is 1280. The molecular formula is C25H31N5OS. The highest BCUT2D eigenvalue weighted by atomic mass is 32.1. The summed E-state index contributed by atoms with van der Waals surface area (Å²) in [5.74, 6) is 0.360. The van der Waals surface area contributed by atoms with Crippen LogP contribution in [0, 0.1) is 6.92 Å². The van der Waals surface area contributed by atoms with Gasteiger partial charge in [0.1, 0.15) is 0 Å². The average molecular weight is 450 g/mol. The van der Waals surface area contributed by atoms with Crippen molar-refractivity contribution in [1.29, 1.82) is 0 Å². The molecule has 4 aromatic rings. The molecule has 2 aromatic heterocycles. The van der Waals surface area contributed by atoms with E-state index in [1.165, 1.54) is 5.56 Å². The van der Waals surface area contributed by atoms with Gasteiger partial charge in [-0.3, -0.25) is 9.13 Å². The minimum Gasteiger partial charge on any atom is -0.330 e. The van der Waals surface area contributed by atoms with Gasteiger partial charge >= 0.3 is 5.69 Å². The molecule has 0 aliphatic heterocycles. The maximum absolute atomic E-state index is 12.8. The van der Waals surface area contributed by atoms with Crippen LogP contribution in [0.2, 0.25) is 0 Å². The van der Waals surface area contributed by atoms with Crippen LogP contribution in [0.25, 0.3) is 33.5 Å². The van der Waals surface area contributed by atoms with E-state index in [1.54, 1.807) is 4.57 Å². The molecule has 0 fully saturated rings. The molecule has 0 spiro atoms. The van der Waals surface area contributed by atoms with Crippen LogP contribution in [0.5, 0.6) is 0 Å². The van der Waals surface area contributed by atoms with E-state index < -0.39 is 0 Å². The molecule has 0 bridgehead atoms. The summed E-state index contributed by atoms with van der Waals surface area (Å²) in [4.78, 5) is 17.6. The molecule has 0 aliphatic rings. The Morgan fingerprint density at radius 3 is 2.59 bits per heavy atom. The largest absolute Gasteiger partial charge is 0.330 e. The number of nitrogens with one attached hydrogen (secondary N) is 1. The molecule has 0 saturated carbocycles. The van der Waals surface area contributed by atoms with E-state index >= 15 is 0 Å². The summed E-state index contributed by atoms with van der Waals surface area (Å²) in [6.45, 7) is 9.65. The maximum atomic E-state index is 12.8. The van der Waals surface area contributed by atoms with Crippen molar-refractivity contribution >= 4 is 23.7 Å². The molecule has 0 amide bonds. The van der Waals surface area contributed by atoms with E-state index in [9.17, 15) is 4.79 Å². The van der Waals surface area contributed by atoms with Crippen molar-refractivity contribution in [3.63, 3.8) is 0 Å². The number of hydrogen-bond donors (Lipinski definition) is 2. The van der Waals surface area contributed by atoms with Gasteiger partial charge in [0, 0.05) is 24.2 Å². The zero-order valence-electron chi connectivity index (χ0n) is 19.0. The smallest absolute Gasteiger partial charge is 0.329 e. The highest BCUT2D eigenvalue weighted by molar-refractivity contribution is 7.79. The molecule has 0 radical (unpaired) electrons. The number of nitrogens with zero attached hydrogens (tertiary/aromatic N) is 4. The Hall–Kier alpha value is -2.77. The van der Waals surface area contributed by atoms with Gasteiger partial charge in [-0.05, 0) is 51.6 Å². The molecule has 0 atom stereocenters. The Labute approximate surface area is 194 Å². The quantitative estimate of drug-likeness (QED) is 0.291. The Balaban J connectivity index is 1.87. The molecule has 0 aliphatic carbocycles. The first-order valence-electron chi connectivity index (χ1n) is 11.3. The lowest BCUT2D eigenvalue weighted by atomic mass is 10.0. The van der Waals surface area contributed by atoms with E-state index in [4.69, 9.17) is 4.98 Å². The number of benzene rings is 2. The summed E-state index contributed by atoms with van der Waals surface area (Å²) in [6.07, 6.45) is 2.96. The summed E-state index contributed by atoms with van der Waals surface area (Å²) in [7, 11) is 0. The fraction of sp³-hybridized carbons (Fsp3) is 0.360. The van der Waals surface area contributed by atoms with Gasteiger partial charge in [0.05, 0.1) is 34.6 Å². The van der Waals surface area contributed by atoms with Gasteiger partial charge in [0.25, 0.3) is 0 Å². The average Bonchev–Trinajstić information content (AvgIpc) is 3.33. The monoisotopic (exact) mass is 449 g/mol. The van der Waals surface area contributed by atoms with Gasteiger partial charge in [0.15, 0.2) is 0 Å². The van der Waals surface area contributed by atoms with Crippen molar-refractivity contribution in [3.05, 3.63) is 64.8 Å². The van der Waals surface area contributed by atoms with Gasteiger partial charge in [-0.2, -0.15) is 12.6 Å². The minimum absolute atomic E-state index is 0.0206. The van der Waals surface area contributed by atoms with Crippen LogP contribution in [0.4, 0.5) is 0 Å². The first-order valence-corrected chi connectivity index (χ1v) is 11.9. The third kappa shape index (κ3) is 4.14. The van der Waals surface area contributed by atoms with Crippen molar-refractivity contribution in [2.24, 2.45) is 0 Å². The standard InChI is InChI=1S/C25H31N5OS/c1-4-26-12-7-13-28-16-27-23(19-9-6-8-18(3)14-19)24(28)20-10-11-21-22(15-20)29(5-2)25(31)30(21)17-32/h6,8-11,14-16,26,32H,4-5,7,12-13,17H2,1-3H3. The lowest BCUT2D eigenvalue weighted by Crippen LogP contribution is -2.22. The second kappa shape index (κ2) is 9.79. The summed E-state index contributed by atoms with van der Waals surface area (Å²) >= 11 is 4.37. The normalized spacial score (nSPS) is 11.5. The van der Waals surface area contributed by atoms with E-state index in [1.807, 2.05) is 23.9 Å². The van der Waals surface area contributed by atoms with Crippen LogP contribution in [0.1, 0.15) is 25.8 Å². The zero-order valence-corrected chi connectivity index (χ0v) is 19.9. The van der Waals surface area contributed by atoms with E-state index in [2.05, 4.69) is 72.8 Å². The third-order valence-electron chi connectivity index (χ3n) is 5.88. The summed E-state index contributed by atoms with van der Waals surface area (Å²) in [5.41, 5.74) is 7.24. The maximum Gasteiger partial charge on any atom is 0.329 e. The molecule has 168 valence electrons. The second-order valence-electron chi connectivity index (χ2n) is 8.01. The number of aromatic nitrogens is 4. The SMILES string of the molecule is CCNCCCn1cnc(-c2cccc(C)c2)c1-c1ccc2c(c1)n(CC)c(=O)n2CS. The van der Waals surface area contributed by atoms with Gasteiger partial charge in [-0.25, -0.2) is 9.78 Å². The Kier molecular flexibility index (Phi) is 6.86. The molecular weight excluding hydrogens is 418 g/mol. The number of aryl methyl sites for hydroxylation is 3. The van der Waals surface area contributed by atoms with E-state index in [0.29, 0.717) is 12.4 Å². The summed E-state index contributed by atoms with van der Waals surface area (Å²) < 4.78 is 5.76. The van der Waals surface area contributed by atoms with Gasteiger partial charge in [-0.15, -0.1) is 0 Å². The van der Waals surface area contributed by atoms with Crippen molar-refractivity contribution in [2.45, 2.75) is 46.2 Å². The van der Waals surface area contributed by atoms with Crippen LogP contribution >= 0.6 is 12.6 Å². The predicted octanol–water partition coefficient (Wildman–Crippen LogP) is 4.55. The predicted molar refractivity (Wildman–Crippen MR) is 135 cm³/mol. The molecule has 6 nitrogen and oxygen atoms in total. The van der Waals surface area contributed by atoms with E-state index in [-0.39, 0.29) is 5.69 Å². The van der Waals surface area contributed by atoms with Gasteiger partial charge in [-0.1, -0.05) is 36.8 Å². The Morgan fingerprint density at radius 1 is 1.03 bits per heavy atom. The fourth-order valence-corrected chi connectivity index (χ4v) is 4.59. The lowest BCUT2D eigenvalue weighted by molar-refractivity contribution is 0.595. The third-order valence-corrected chi connectivity index (χ3v) is 6.16. The zero-order chi connectivity index (χ0) is 22.7. The molecule has 2 heterocycles. The van der Waals surface area contributed by atoms with Crippen molar-refractivity contribution < 1.29 is 0 Å². The topological polar surface area (TPSA) is 56.8 Å². The van der Waals surface area contributed by atoms with Crippen LogP contribution in [-0.2, 0) is 19.0 Å². The number of rotatable bonds is 9. The number of imidazole rings is 2. The van der Waals surface area contributed by atoms with Crippen LogP contribution in [0.15, 0.2) is 53.6 Å². The van der Waals surface area contributed by atoms with Crippen LogP contribution in [0.3, 0.4) is 0 Å². The van der Waals surface area contributed by atoms with Crippen molar-refractivity contribution in [1.82, 2.24) is 24.0 Å². The molecule has 32 heavy (non-hydrogen) atoms. The highest BCUT2D eigenvalue weighted by Crippen LogP contribution is 2.33. The van der Waals surface area contributed by atoms with Crippen LogP contribution in [-0.4, -0.2) is 31.8 Å². The fourth-order valence-electron chi connectivity index (χ4n) is 4.32. The Morgan fingerprint density at radius 2 is 1.88 bits per heavy atom. The lowest BCUT2D eigenvalue weighted by Gasteiger charge is -2.12. The summed E-state index contributed by atoms with van der Waals surface area (Å²) in [5, 5.41) is 3.40. The van der Waals surface area contributed by atoms with Crippen molar-refractivity contribution in [3.8, 4) is 22.5 Å². The van der Waals surface area contributed by atoms with Crippen LogP contribution < -0.4 is 11.0 Å². The number of thiol groups is 1. The molecule has 4 rings (SSSR count). The minimum atomic E-state index is -0.0206. The number of hydrogen-bond acceptors (Lipinski definition) is 4. The summed E-state index contributed by atoms with van der Waals surface area (Å²) in [6, 6.07) is 14.7.